The maximum absolute atomic E-state index is 4.32. The highest BCUT2D eigenvalue weighted by Crippen LogP contribution is 2.18. The SMILES string of the molecule is Cc1cnn(CCNc2ncnc3c2nnn3-c2ccccc2)c1. The zero-order chi connectivity index (χ0) is 16.4. The van der Waals surface area contributed by atoms with Gasteiger partial charge < -0.3 is 5.32 Å². The molecule has 24 heavy (non-hydrogen) atoms. The molecule has 0 unspecified atom stereocenters. The summed E-state index contributed by atoms with van der Waals surface area (Å²) in [6.07, 6.45) is 5.36. The second kappa shape index (κ2) is 6.07. The van der Waals surface area contributed by atoms with Crippen LogP contribution in [0.3, 0.4) is 0 Å². The molecule has 0 bridgehead atoms. The minimum absolute atomic E-state index is 0.651. The molecular weight excluding hydrogens is 304 g/mol. The van der Waals surface area contributed by atoms with E-state index in [1.165, 1.54) is 6.33 Å². The van der Waals surface area contributed by atoms with Crippen molar-refractivity contribution in [2.24, 2.45) is 0 Å². The van der Waals surface area contributed by atoms with Crippen molar-refractivity contribution in [3.05, 3.63) is 54.6 Å². The van der Waals surface area contributed by atoms with Crippen molar-refractivity contribution in [3.8, 4) is 5.69 Å². The first-order chi connectivity index (χ1) is 11.8. The fourth-order valence-electron chi connectivity index (χ4n) is 2.50. The number of fused-ring (bicyclic) bond motifs is 1. The summed E-state index contributed by atoms with van der Waals surface area (Å²) in [5.41, 5.74) is 3.38. The molecule has 8 nitrogen and oxygen atoms in total. The third kappa shape index (κ3) is 2.69. The van der Waals surface area contributed by atoms with E-state index >= 15 is 0 Å². The van der Waals surface area contributed by atoms with Crippen LogP contribution in [0.1, 0.15) is 5.56 Å². The number of hydrogen-bond donors (Lipinski definition) is 1. The van der Waals surface area contributed by atoms with Gasteiger partial charge in [0.2, 0.25) is 0 Å². The van der Waals surface area contributed by atoms with Gasteiger partial charge in [-0.3, -0.25) is 4.68 Å². The number of nitrogens with one attached hydrogen (secondary N) is 1. The molecule has 0 amide bonds. The zero-order valence-corrected chi connectivity index (χ0v) is 13.2. The molecule has 0 aliphatic rings. The maximum Gasteiger partial charge on any atom is 0.188 e. The first-order valence-corrected chi connectivity index (χ1v) is 7.66. The van der Waals surface area contributed by atoms with Crippen LogP contribution in [0.25, 0.3) is 16.9 Å². The molecule has 3 heterocycles. The maximum atomic E-state index is 4.32. The second-order valence-corrected chi connectivity index (χ2v) is 5.44. The Morgan fingerprint density at radius 1 is 1.12 bits per heavy atom. The molecule has 3 aromatic heterocycles. The summed E-state index contributed by atoms with van der Waals surface area (Å²) in [6.45, 7) is 3.45. The molecule has 8 heteroatoms. The number of aromatic nitrogens is 7. The summed E-state index contributed by atoms with van der Waals surface area (Å²) in [6, 6.07) is 9.79. The largest absolute Gasteiger partial charge is 0.366 e. The average Bonchev–Trinajstić information content (AvgIpc) is 3.22. The van der Waals surface area contributed by atoms with Gasteiger partial charge in [0, 0.05) is 12.7 Å². The monoisotopic (exact) mass is 320 g/mol. The molecule has 0 aliphatic carbocycles. The molecule has 0 saturated heterocycles. The van der Waals surface area contributed by atoms with Gasteiger partial charge in [-0.1, -0.05) is 23.4 Å². The summed E-state index contributed by atoms with van der Waals surface area (Å²) in [4.78, 5) is 8.60. The summed E-state index contributed by atoms with van der Waals surface area (Å²) >= 11 is 0. The van der Waals surface area contributed by atoms with Gasteiger partial charge in [-0.25, -0.2) is 9.97 Å². The average molecular weight is 320 g/mol. The Morgan fingerprint density at radius 3 is 2.79 bits per heavy atom. The van der Waals surface area contributed by atoms with Crippen molar-refractivity contribution in [3.63, 3.8) is 0 Å². The number of benzene rings is 1. The van der Waals surface area contributed by atoms with Gasteiger partial charge in [0.05, 0.1) is 18.4 Å². The molecule has 0 radical (unpaired) electrons. The van der Waals surface area contributed by atoms with Gasteiger partial charge in [0.15, 0.2) is 17.0 Å². The highest BCUT2D eigenvalue weighted by atomic mass is 15.4. The lowest BCUT2D eigenvalue weighted by Gasteiger charge is -2.06. The molecular formula is C16H16N8. The number of rotatable bonds is 5. The van der Waals surface area contributed by atoms with Crippen LogP contribution in [-0.2, 0) is 6.54 Å². The highest BCUT2D eigenvalue weighted by Gasteiger charge is 2.12. The second-order valence-electron chi connectivity index (χ2n) is 5.44. The first-order valence-electron chi connectivity index (χ1n) is 7.66. The van der Waals surface area contributed by atoms with E-state index in [9.17, 15) is 0 Å². The van der Waals surface area contributed by atoms with E-state index in [2.05, 4.69) is 30.7 Å². The minimum Gasteiger partial charge on any atom is -0.366 e. The van der Waals surface area contributed by atoms with Crippen molar-refractivity contribution in [1.82, 2.24) is 34.7 Å². The number of anilines is 1. The Kier molecular flexibility index (Phi) is 3.62. The van der Waals surface area contributed by atoms with Crippen LogP contribution in [0.5, 0.6) is 0 Å². The van der Waals surface area contributed by atoms with Crippen LogP contribution in [0.4, 0.5) is 5.82 Å². The predicted octanol–water partition coefficient (Wildman–Crippen LogP) is 1.83. The summed E-state index contributed by atoms with van der Waals surface area (Å²) in [5, 5.41) is 16.0. The molecule has 0 fully saturated rings. The molecule has 1 aromatic carbocycles. The lowest BCUT2D eigenvalue weighted by Crippen LogP contribution is -2.12. The molecule has 0 spiro atoms. The quantitative estimate of drug-likeness (QED) is 0.604. The standard InChI is InChI=1S/C16H16N8/c1-12-9-20-23(10-12)8-7-17-15-14-16(19-11-18-15)24(22-21-14)13-5-3-2-4-6-13/h2-6,9-11H,7-8H2,1H3,(H,17,18,19). The topological polar surface area (TPSA) is 86.3 Å². The van der Waals surface area contributed by atoms with E-state index < -0.39 is 0 Å². The molecule has 0 saturated carbocycles. The number of hydrogen-bond acceptors (Lipinski definition) is 6. The smallest absolute Gasteiger partial charge is 0.188 e. The summed E-state index contributed by atoms with van der Waals surface area (Å²) in [5.74, 6) is 0.672. The van der Waals surface area contributed by atoms with E-state index in [1.807, 2.05) is 54.3 Å². The van der Waals surface area contributed by atoms with E-state index in [4.69, 9.17) is 0 Å². The molecule has 120 valence electrons. The molecule has 0 atom stereocenters. The number of para-hydroxylation sites is 1. The third-order valence-corrected chi connectivity index (χ3v) is 3.63. The summed E-state index contributed by atoms with van der Waals surface area (Å²) in [7, 11) is 0. The molecule has 4 aromatic rings. The Labute approximate surface area is 138 Å². The van der Waals surface area contributed by atoms with Gasteiger partial charge in [-0.15, -0.1) is 5.10 Å². The van der Waals surface area contributed by atoms with Crippen molar-refractivity contribution in [2.45, 2.75) is 13.5 Å². The normalized spacial score (nSPS) is 11.0. The Bertz CT molecular complexity index is 957. The van der Waals surface area contributed by atoms with Gasteiger partial charge in [-0.2, -0.15) is 9.78 Å². The van der Waals surface area contributed by atoms with E-state index in [0.717, 1.165) is 17.8 Å². The lowest BCUT2D eigenvalue weighted by molar-refractivity contribution is 0.637. The third-order valence-electron chi connectivity index (χ3n) is 3.63. The number of nitrogens with zero attached hydrogens (tertiary/aromatic N) is 7. The fraction of sp³-hybridized carbons (Fsp3) is 0.188. The fourth-order valence-corrected chi connectivity index (χ4v) is 2.50. The first kappa shape index (κ1) is 14.3. The molecule has 1 N–H and O–H groups in total. The van der Waals surface area contributed by atoms with Gasteiger partial charge in [0.25, 0.3) is 0 Å². The predicted molar refractivity (Wildman–Crippen MR) is 89.9 cm³/mol. The molecule has 4 rings (SSSR count). The van der Waals surface area contributed by atoms with Crippen LogP contribution >= 0.6 is 0 Å². The van der Waals surface area contributed by atoms with Crippen LogP contribution < -0.4 is 5.32 Å². The Hall–Kier alpha value is -3.29. The van der Waals surface area contributed by atoms with Crippen LogP contribution in [0, 0.1) is 6.92 Å². The van der Waals surface area contributed by atoms with E-state index in [-0.39, 0.29) is 0 Å². The molecule has 0 aliphatic heterocycles. The van der Waals surface area contributed by atoms with E-state index in [1.54, 1.807) is 4.68 Å². The number of aryl methyl sites for hydroxylation is 1. The zero-order valence-electron chi connectivity index (χ0n) is 13.2. The van der Waals surface area contributed by atoms with E-state index in [0.29, 0.717) is 23.5 Å². The minimum atomic E-state index is 0.651. The van der Waals surface area contributed by atoms with Crippen molar-refractivity contribution in [2.75, 3.05) is 11.9 Å². The van der Waals surface area contributed by atoms with Crippen LogP contribution in [-0.4, -0.2) is 41.3 Å². The van der Waals surface area contributed by atoms with Crippen molar-refractivity contribution in [1.29, 1.82) is 0 Å². The Balaban J connectivity index is 1.57. The van der Waals surface area contributed by atoms with Crippen LogP contribution in [0.2, 0.25) is 0 Å². The van der Waals surface area contributed by atoms with Gasteiger partial charge in [0.1, 0.15) is 6.33 Å². The highest BCUT2D eigenvalue weighted by molar-refractivity contribution is 5.82. The van der Waals surface area contributed by atoms with Gasteiger partial charge in [-0.05, 0) is 24.6 Å². The Morgan fingerprint density at radius 2 is 2.00 bits per heavy atom. The van der Waals surface area contributed by atoms with Crippen molar-refractivity contribution < 1.29 is 0 Å². The summed E-state index contributed by atoms with van der Waals surface area (Å²) < 4.78 is 3.60. The lowest BCUT2D eigenvalue weighted by atomic mass is 10.3. The van der Waals surface area contributed by atoms with Crippen LogP contribution in [0.15, 0.2) is 49.1 Å². The van der Waals surface area contributed by atoms with Gasteiger partial charge >= 0.3 is 0 Å². The van der Waals surface area contributed by atoms with Crippen molar-refractivity contribution >= 4 is 17.0 Å².